The number of sulfonamides is 1. The van der Waals surface area contributed by atoms with Gasteiger partial charge in [0.2, 0.25) is 15.9 Å². The number of hydrogen-bond donors (Lipinski definition) is 1. The van der Waals surface area contributed by atoms with Crippen LogP contribution in [0.1, 0.15) is 35.4 Å². The third-order valence-corrected chi connectivity index (χ3v) is 6.95. The number of amides is 1. The Hall–Kier alpha value is -2.16. The highest BCUT2D eigenvalue weighted by atomic mass is 35.5. The van der Waals surface area contributed by atoms with Crippen LogP contribution in [0.5, 0.6) is 0 Å². The lowest BCUT2D eigenvalue weighted by Crippen LogP contribution is -2.48. The first-order chi connectivity index (χ1) is 14.1. The Balaban J connectivity index is 1.66. The van der Waals surface area contributed by atoms with Gasteiger partial charge in [0.05, 0.1) is 18.5 Å². The minimum Gasteiger partial charge on any atom is -0.348 e. The van der Waals surface area contributed by atoms with Crippen molar-refractivity contribution in [1.82, 2.24) is 19.4 Å². The van der Waals surface area contributed by atoms with E-state index in [0.29, 0.717) is 24.7 Å². The molecule has 1 fully saturated rings. The molecule has 1 aliphatic heterocycles. The third kappa shape index (κ3) is 5.50. The summed E-state index contributed by atoms with van der Waals surface area (Å²) in [6.45, 7) is 5.23. The van der Waals surface area contributed by atoms with Gasteiger partial charge in [0.25, 0.3) is 0 Å². The highest BCUT2D eigenvalue weighted by molar-refractivity contribution is 7.88. The lowest BCUT2D eigenvalue weighted by molar-refractivity contribution is -0.117. The maximum absolute atomic E-state index is 12.4. The van der Waals surface area contributed by atoms with Gasteiger partial charge >= 0.3 is 0 Å². The van der Waals surface area contributed by atoms with Crippen LogP contribution in [-0.2, 0) is 21.4 Å². The number of aryl methyl sites for hydroxylation is 1. The van der Waals surface area contributed by atoms with Gasteiger partial charge in [-0.05, 0) is 44.4 Å². The number of nitrogens with zero attached hydrogens (tertiary/aromatic N) is 3. The summed E-state index contributed by atoms with van der Waals surface area (Å²) < 4.78 is 26.8. The van der Waals surface area contributed by atoms with Gasteiger partial charge in [0.1, 0.15) is 0 Å². The largest absolute Gasteiger partial charge is 0.348 e. The average Bonchev–Trinajstić information content (AvgIpc) is 2.94. The van der Waals surface area contributed by atoms with E-state index in [1.165, 1.54) is 16.6 Å². The van der Waals surface area contributed by atoms with E-state index in [1.807, 2.05) is 42.8 Å². The molecular weight excluding hydrogens is 424 g/mol. The van der Waals surface area contributed by atoms with Crippen LogP contribution >= 0.6 is 11.6 Å². The molecule has 7 nitrogen and oxygen atoms in total. The number of benzene rings is 1. The fraction of sp³-hybridized carbons (Fsp3) is 0.429. The minimum absolute atomic E-state index is 0.184. The molecule has 162 valence electrons. The van der Waals surface area contributed by atoms with E-state index < -0.39 is 10.0 Å². The topological polar surface area (TPSA) is 84.3 Å². The normalized spacial score (nSPS) is 18.1. The monoisotopic (exact) mass is 450 g/mol. The summed E-state index contributed by atoms with van der Waals surface area (Å²) >= 11 is 6.26. The summed E-state index contributed by atoms with van der Waals surface area (Å²) in [5.74, 6) is -0.243. The fourth-order valence-electron chi connectivity index (χ4n) is 3.66. The Morgan fingerprint density at radius 3 is 2.77 bits per heavy atom. The zero-order valence-electron chi connectivity index (χ0n) is 17.4. The number of hydrogen-bond acceptors (Lipinski definition) is 4. The molecule has 0 spiro atoms. The van der Waals surface area contributed by atoms with Gasteiger partial charge < -0.3 is 5.32 Å². The van der Waals surface area contributed by atoms with E-state index in [-0.39, 0.29) is 11.9 Å². The maximum Gasteiger partial charge on any atom is 0.244 e. The molecule has 30 heavy (non-hydrogen) atoms. The highest BCUT2D eigenvalue weighted by Crippen LogP contribution is 2.20. The molecule has 2 heterocycles. The quantitative estimate of drug-likeness (QED) is 0.686. The van der Waals surface area contributed by atoms with Crippen molar-refractivity contribution in [2.45, 2.75) is 39.3 Å². The van der Waals surface area contributed by atoms with Crippen LogP contribution in [0.15, 0.2) is 30.3 Å². The van der Waals surface area contributed by atoms with Crippen LogP contribution in [0.2, 0.25) is 5.02 Å². The Morgan fingerprint density at radius 2 is 2.07 bits per heavy atom. The average molecular weight is 451 g/mol. The number of halogens is 1. The smallest absolute Gasteiger partial charge is 0.244 e. The van der Waals surface area contributed by atoms with Crippen LogP contribution in [0.3, 0.4) is 0 Å². The van der Waals surface area contributed by atoms with Gasteiger partial charge in [0.15, 0.2) is 0 Å². The summed E-state index contributed by atoms with van der Waals surface area (Å²) in [7, 11) is -3.24. The minimum atomic E-state index is -3.24. The first-order valence-corrected chi connectivity index (χ1v) is 12.1. The van der Waals surface area contributed by atoms with E-state index in [9.17, 15) is 13.2 Å². The van der Waals surface area contributed by atoms with E-state index in [4.69, 9.17) is 11.6 Å². The van der Waals surface area contributed by atoms with Crippen LogP contribution in [0.4, 0.5) is 0 Å². The Morgan fingerprint density at radius 1 is 1.33 bits per heavy atom. The third-order valence-electron chi connectivity index (χ3n) is 5.32. The van der Waals surface area contributed by atoms with Crippen molar-refractivity contribution in [3.63, 3.8) is 0 Å². The van der Waals surface area contributed by atoms with E-state index in [0.717, 1.165) is 35.4 Å². The summed E-state index contributed by atoms with van der Waals surface area (Å²) in [6, 6.07) is 7.46. The lowest BCUT2D eigenvalue weighted by atomic mass is 10.1. The first kappa shape index (κ1) is 22.5. The molecule has 0 radical (unpaired) electrons. The Kier molecular flexibility index (Phi) is 7.00. The first-order valence-electron chi connectivity index (χ1n) is 9.86. The molecular formula is C21H27ClN4O3S. The Labute approximate surface area is 182 Å². The van der Waals surface area contributed by atoms with Crippen LogP contribution < -0.4 is 5.32 Å². The summed E-state index contributed by atoms with van der Waals surface area (Å²) in [4.78, 5) is 12.4. The van der Waals surface area contributed by atoms with Gasteiger partial charge in [-0.25, -0.2) is 12.7 Å². The van der Waals surface area contributed by atoms with E-state index >= 15 is 0 Å². The second kappa shape index (κ2) is 9.32. The molecule has 1 aromatic heterocycles. The van der Waals surface area contributed by atoms with Crippen LogP contribution in [-0.4, -0.2) is 53.8 Å². The number of piperidine rings is 1. The molecule has 1 amide bonds. The van der Waals surface area contributed by atoms with Crippen molar-refractivity contribution in [2.24, 2.45) is 0 Å². The van der Waals surface area contributed by atoms with E-state index in [1.54, 1.807) is 6.08 Å². The van der Waals surface area contributed by atoms with Crippen LogP contribution in [0.25, 0.3) is 6.08 Å². The van der Waals surface area contributed by atoms with E-state index in [2.05, 4.69) is 10.4 Å². The zero-order chi connectivity index (χ0) is 21.9. The van der Waals surface area contributed by atoms with Gasteiger partial charge in [-0.15, -0.1) is 0 Å². The van der Waals surface area contributed by atoms with Crippen molar-refractivity contribution in [3.05, 3.63) is 57.9 Å². The predicted molar refractivity (Wildman–Crippen MR) is 119 cm³/mol. The Bertz CT molecular complexity index is 1060. The predicted octanol–water partition coefficient (Wildman–Crippen LogP) is 2.76. The van der Waals surface area contributed by atoms with Crippen LogP contribution in [0, 0.1) is 13.8 Å². The van der Waals surface area contributed by atoms with Crippen molar-refractivity contribution in [3.8, 4) is 0 Å². The molecule has 1 aliphatic rings. The molecule has 2 aromatic rings. The lowest BCUT2D eigenvalue weighted by Gasteiger charge is -2.31. The van der Waals surface area contributed by atoms with Crippen molar-refractivity contribution < 1.29 is 13.2 Å². The standard InChI is InChI=1S/C21H27ClN4O3S/c1-15-19(16(2)26(24-15)13-17-7-4-5-9-20(17)22)10-11-21(27)23-18-8-6-12-25(14-18)30(3,28)29/h4-5,7,9-11,18H,6,8,12-14H2,1-3H3,(H,23,27)/b11-10+. The van der Waals surface area contributed by atoms with Gasteiger partial charge in [0, 0.05) is 41.5 Å². The number of rotatable bonds is 6. The molecule has 3 rings (SSSR count). The summed E-state index contributed by atoms with van der Waals surface area (Å²) in [6.07, 6.45) is 5.93. The molecule has 1 aromatic carbocycles. The molecule has 9 heteroatoms. The number of carbonyl (C=O) groups is 1. The maximum atomic E-state index is 12.4. The van der Waals surface area contributed by atoms with Gasteiger partial charge in [-0.1, -0.05) is 29.8 Å². The number of aromatic nitrogens is 2. The van der Waals surface area contributed by atoms with Crippen molar-refractivity contribution in [1.29, 1.82) is 0 Å². The molecule has 0 bridgehead atoms. The molecule has 1 atom stereocenters. The second-order valence-corrected chi connectivity index (χ2v) is 10.0. The summed E-state index contributed by atoms with van der Waals surface area (Å²) in [5.41, 5.74) is 3.63. The summed E-state index contributed by atoms with van der Waals surface area (Å²) in [5, 5.41) is 8.18. The molecule has 1 saturated heterocycles. The number of nitrogens with one attached hydrogen (secondary N) is 1. The number of carbonyl (C=O) groups excluding carboxylic acids is 1. The molecule has 1 unspecified atom stereocenters. The molecule has 0 saturated carbocycles. The molecule has 1 N–H and O–H groups in total. The zero-order valence-corrected chi connectivity index (χ0v) is 19.0. The second-order valence-electron chi connectivity index (χ2n) is 7.64. The molecule has 0 aliphatic carbocycles. The SMILES string of the molecule is Cc1nn(Cc2ccccc2Cl)c(C)c1/C=C/C(=O)NC1CCCN(S(C)(=O)=O)C1. The van der Waals surface area contributed by atoms with Crippen molar-refractivity contribution >= 4 is 33.6 Å². The van der Waals surface area contributed by atoms with Gasteiger partial charge in [-0.3, -0.25) is 9.48 Å². The van der Waals surface area contributed by atoms with Gasteiger partial charge in [-0.2, -0.15) is 5.10 Å². The van der Waals surface area contributed by atoms with Crippen molar-refractivity contribution in [2.75, 3.05) is 19.3 Å². The highest BCUT2D eigenvalue weighted by Gasteiger charge is 2.26. The fourth-order valence-corrected chi connectivity index (χ4v) is 4.77.